The van der Waals surface area contributed by atoms with Gasteiger partial charge in [-0.05, 0) is 46.8 Å². The molecule has 0 fully saturated rings. The number of halogens is 1. The first-order valence-corrected chi connectivity index (χ1v) is 6.57. The molecule has 15 heavy (non-hydrogen) atoms. The quantitative estimate of drug-likeness (QED) is 0.896. The number of hydrogen-bond donors (Lipinski definition) is 1. The number of carbonyl (C=O) groups is 1. The molecule has 0 saturated heterocycles. The van der Waals surface area contributed by atoms with Crippen LogP contribution in [0.3, 0.4) is 0 Å². The van der Waals surface area contributed by atoms with Gasteiger partial charge in [0.15, 0.2) is 0 Å². The van der Waals surface area contributed by atoms with Crippen LogP contribution >= 0.6 is 27.3 Å². The molecule has 4 heteroatoms. The Balaban J connectivity index is 2.62. The highest BCUT2D eigenvalue weighted by molar-refractivity contribution is 9.11. The van der Waals surface area contributed by atoms with Crippen molar-refractivity contribution in [2.45, 2.75) is 26.7 Å². The highest BCUT2D eigenvalue weighted by atomic mass is 79.9. The molecule has 0 aliphatic heterocycles. The van der Waals surface area contributed by atoms with Crippen molar-refractivity contribution in [1.82, 2.24) is 0 Å². The summed E-state index contributed by atoms with van der Waals surface area (Å²) in [4.78, 5) is 12.2. The predicted octanol–water partition coefficient (Wildman–Crippen LogP) is 3.80. The summed E-state index contributed by atoms with van der Waals surface area (Å²) in [5.74, 6) is -0.515. The summed E-state index contributed by atoms with van der Waals surface area (Å²) in [7, 11) is 0. The number of carboxylic acids is 1. The van der Waals surface area contributed by atoms with Crippen molar-refractivity contribution in [3.8, 4) is 0 Å². The second-order valence-corrected chi connectivity index (χ2v) is 6.62. The van der Waals surface area contributed by atoms with Crippen molar-refractivity contribution in [3.05, 3.63) is 20.8 Å². The number of rotatable bonds is 5. The molecule has 1 heterocycles. The SMILES string of the molecule is CC(C)CC(Cc1ccc(Br)s1)C(=O)O. The molecule has 1 N–H and O–H groups in total. The average Bonchev–Trinajstić information content (AvgIpc) is 2.49. The highest BCUT2D eigenvalue weighted by Crippen LogP contribution is 2.26. The van der Waals surface area contributed by atoms with Gasteiger partial charge in [-0.25, -0.2) is 0 Å². The van der Waals surface area contributed by atoms with Gasteiger partial charge in [0.1, 0.15) is 0 Å². The maximum Gasteiger partial charge on any atom is 0.306 e. The molecule has 0 aliphatic rings. The van der Waals surface area contributed by atoms with E-state index in [1.165, 1.54) is 0 Å². The first-order valence-electron chi connectivity index (χ1n) is 4.96. The van der Waals surface area contributed by atoms with E-state index in [1.54, 1.807) is 11.3 Å². The molecule has 0 aliphatic carbocycles. The van der Waals surface area contributed by atoms with E-state index >= 15 is 0 Å². The van der Waals surface area contributed by atoms with Crippen LogP contribution in [0.5, 0.6) is 0 Å². The Kier molecular flexibility index (Phi) is 4.80. The first kappa shape index (κ1) is 12.7. The molecule has 1 atom stereocenters. The van der Waals surface area contributed by atoms with Crippen molar-refractivity contribution >= 4 is 33.2 Å². The summed E-state index contributed by atoms with van der Waals surface area (Å²) in [6.07, 6.45) is 1.38. The highest BCUT2D eigenvalue weighted by Gasteiger charge is 2.19. The van der Waals surface area contributed by atoms with E-state index in [0.29, 0.717) is 12.3 Å². The van der Waals surface area contributed by atoms with Crippen LogP contribution in [0, 0.1) is 11.8 Å². The van der Waals surface area contributed by atoms with E-state index < -0.39 is 5.97 Å². The van der Waals surface area contributed by atoms with Crippen LogP contribution in [0.25, 0.3) is 0 Å². The van der Waals surface area contributed by atoms with Gasteiger partial charge in [-0.2, -0.15) is 0 Å². The lowest BCUT2D eigenvalue weighted by atomic mass is 9.94. The summed E-state index contributed by atoms with van der Waals surface area (Å²) in [5.41, 5.74) is 0. The predicted molar refractivity (Wildman–Crippen MR) is 66.3 cm³/mol. The van der Waals surface area contributed by atoms with Crippen LogP contribution in [-0.2, 0) is 11.2 Å². The van der Waals surface area contributed by atoms with Crippen LogP contribution in [0.2, 0.25) is 0 Å². The molecule has 84 valence electrons. The van der Waals surface area contributed by atoms with Crippen LogP contribution in [0.4, 0.5) is 0 Å². The van der Waals surface area contributed by atoms with Crippen molar-refractivity contribution in [3.63, 3.8) is 0 Å². The fourth-order valence-electron chi connectivity index (χ4n) is 1.54. The largest absolute Gasteiger partial charge is 0.481 e. The van der Waals surface area contributed by atoms with Gasteiger partial charge in [-0.15, -0.1) is 11.3 Å². The van der Waals surface area contributed by atoms with Crippen LogP contribution in [-0.4, -0.2) is 11.1 Å². The minimum atomic E-state index is -0.687. The van der Waals surface area contributed by atoms with Gasteiger partial charge in [-0.1, -0.05) is 13.8 Å². The zero-order chi connectivity index (χ0) is 11.4. The third-order valence-electron chi connectivity index (χ3n) is 2.18. The number of aliphatic carboxylic acids is 1. The molecule has 0 saturated carbocycles. The summed E-state index contributed by atoms with van der Waals surface area (Å²) in [5, 5.41) is 9.08. The Hall–Kier alpha value is -0.350. The van der Waals surface area contributed by atoms with E-state index in [9.17, 15) is 4.79 Å². The Labute approximate surface area is 102 Å². The lowest BCUT2D eigenvalue weighted by Gasteiger charge is -2.13. The zero-order valence-corrected chi connectivity index (χ0v) is 11.3. The van der Waals surface area contributed by atoms with Gasteiger partial charge >= 0.3 is 5.97 Å². The fraction of sp³-hybridized carbons (Fsp3) is 0.545. The Morgan fingerprint density at radius 3 is 2.60 bits per heavy atom. The molecule has 1 rings (SSSR count). The Morgan fingerprint density at radius 2 is 2.20 bits per heavy atom. The van der Waals surface area contributed by atoms with Gasteiger partial charge in [0.25, 0.3) is 0 Å². The molecule has 0 amide bonds. The van der Waals surface area contributed by atoms with E-state index in [0.717, 1.165) is 15.1 Å². The smallest absolute Gasteiger partial charge is 0.306 e. The summed E-state index contributed by atoms with van der Waals surface area (Å²) < 4.78 is 1.06. The summed E-state index contributed by atoms with van der Waals surface area (Å²) >= 11 is 4.99. The van der Waals surface area contributed by atoms with Gasteiger partial charge in [0, 0.05) is 4.88 Å². The molecule has 1 aromatic heterocycles. The molecular weight excluding hydrogens is 276 g/mol. The Bertz CT molecular complexity index is 333. The van der Waals surface area contributed by atoms with Crippen LogP contribution in [0.15, 0.2) is 15.9 Å². The van der Waals surface area contributed by atoms with Crippen LogP contribution < -0.4 is 0 Å². The third kappa shape index (κ3) is 4.34. The van der Waals surface area contributed by atoms with Gasteiger partial charge < -0.3 is 5.11 Å². The maximum atomic E-state index is 11.0. The van der Waals surface area contributed by atoms with Crippen LogP contribution in [0.1, 0.15) is 25.1 Å². The number of hydrogen-bond acceptors (Lipinski definition) is 2. The van der Waals surface area contributed by atoms with Crippen molar-refractivity contribution in [2.75, 3.05) is 0 Å². The van der Waals surface area contributed by atoms with E-state index in [-0.39, 0.29) is 5.92 Å². The minimum Gasteiger partial charge on any atom is -0.481 e. The van der Waals surface area contributed by atoms with Gasteiger partial charge in [0.05, 0.1) is 9.70 Å². The monoisotopic (exact) mass is 290 g/mol. The summed E-state index contributed by atoms with van der Waals surface area (Å²) in [6, 6.07) is 3.96. The molecule has 0 aromatic carbocycles. The van der Waals surface area contributed by atoms with E-state index in [4.69, 9.17) is 5.11 Å². The normalized spacial score (nSPS) is 13.1. The zero-order valence-electron chi connectivity index (χ0n) is 8.87. The molecule has 0 spiro atoms. The first-order chi connectivity index (χ1) is 6.99. The lowest BCUT2D eigenvalue weighted by Crippen LogP contribution is -2.18. The topological polar surface area (TPSA) is 37.3 Å². The number of carboxylic acid groups (broad SMARTS) is 1. The minimum absolute atomic E-state index is 0.254. The Morgan fingerprint density at radius 1 is 1.53 bits per heavy atom. The molecule has 1 aromatic rings. The standard InChI is InChI=1S/C11H15BrO2S/c1-7(2)5-8(11(13)14)6-9-3-4-10(12)15-9/h3-4,7-8H,5-6H2,1-2H3,(H,13,14). The van der Waals surface area contributed by atoms with E-state index in [2.05, 4.69) is 29.8 Å². The summed E-state index contributed by atoms with van der Waals surface area (Å²) in [6.45, 7) is 4.11. The number of thiophene rings is 1. The fourth-order valence-corrected chi connectivity index (χ4v) is 3.11. The maximum absolute atomic E-state index is 11.0. The van der Waals surface area contributed by atoms with E-state index in [1.807, 2.05) is 12.1 Å². The average molecular weight is 291 g/mol. The molecular formula is C11H15BrO2S. The third-order valence-corrected chi connectivity index (χ3v) is 3.83. The molecule has 1 unspecified atom stereocenters. The molecule has 0 radical (unpaired) electrons. The second-order valence-electron chi connectivity index (χ2n) is 4.07. The molecule has 2 nitrogen and oxygen atoms in total. The lowest BCUT2D eigenvalue weighted by molar-refractivity contribution is -0.142. The van der Waals surface area contributed by atoms with Gasteiger partial charge in [0.2, 0.25) is 0 Å². The van der Waals surface area contributed by atoms with Crippen molar-refractivity contribution < 1.29 is 9.90 Å². The second kappa shape index (κ2) is 5.66. The van der Waals surface area contributed by atoms with Crippen molar-refractivity contribution in [2.24, 2.45) is 11.8 Å². The molecule has 0 bridgehead atoms. The van der Waals surface area contributed by atoms with Gasteiger partial charge in [-0.3, -0.25) is 4.79 Å². The van der Waals surface area contributed by atoms with Crippen molar-refractivity contribution in [1.29, 1.82) is 0 Å².